The summed E-state index contributed by atoms with van der Waals surface area (Å²) in [5.41, 5.74) is 1.77. The van der Waals surface area contributed by atoms with Gasteiger partial charge >= 0.3 is 0 Å². The third kappa shape index (κ3) is 1.83. The van der Waals surface area contributed by atoms with E-state index in [2.05, 4.69) is 54.4 Å². The molecule has 2 nitrogen and oxygen atoms in total. The monoisotopic (exact) mass is 270 g/mol. The van der Waals surface area contributed by atoms with Crippen LogP contribution in [0.1, 0.15) is 60.0 Å². The Kier molecular flexibility index (Phi) is 2.37. The second-order valence-electron chi connectivity index (χ2n) is 6.44. The van der Waals surface area contributed by atoms with Crippen LogP contribution in [0.2, 0.25) is 0 Å². The van der Waals surface area contributed by atoms with E-state index in [9.17, 15) is 0 Å². The first kappa shape index (κ1) is 11.6. The van der Waals surface area contributed by atoms with E-state index >= 15 is 0 Å². The molecule has 0 N–H and O–H groups in total. The van der Waals surface area contributed by atoms with E-state index in [1.165, 1.54) is 28.4 Å². The molecule has 0 amide bonds. The maximum Gasteiger partial charge on any atom is 0.121 e. The molecule has 4 rings (SSSR count). The van der Waals surface area contributed by atoms with E-state index in [1.54, 1.807) is 0 Å². The van der Waals surface area contributed by atoms with Crippen molar-refractivity contribution in [3.8, 4) is 0 Å². The number of rotatable bonds is 3. The second-order valence-corrected chi connectivity index (χ2v) is 7.48. The smallest absolute Gasteiger partial charge is 0.121 e. The molecule has 0 radical (unpaired) electrons. The van der Waals surface area contributed by atoms with Crippen LogP contribution in [0.3, 0.4) is 0 Å². The van der Waals surface area contributed by atoms with Gasteiger partial charge in [-0.15, -0.1) is 21.5 Å². The molecule has 2 aromatic rings. The summed E-state index contributed by atoms with van der Waals surface area (Å²) in [6.45, 7) is 4.71. The lowest BCUT2D eigenvalue weighted by Gasteiger charge is -2.01. The van der Waals surface area contributed by atoms with Crippen LogP contribution in [-0.4, -0.2) is 10.2 Å². The molecule has 0 aliphatic heterocycles. The maximum atomic E-state index is 4.48. The summed E-state index contributed by atoms with van der Waals surface area (Å²) in [6, 6.07) is 10.8. The fraction of sp³-hybridized carbons (Fsp3) is 0.500. The van der Waals surface area contributed by atoms with Crippen LogP contribution in [-0.2, 0) is 0 Å². The van der Waals surface area contributed by atoms with Gasteiger partial charge in [-0.2, -0.15) is 0 Å². The Hall–Kier alpha value is -1.22. The molecule has 0 unspecified atom stereocenters. The zero-order valence-electron chi connectivity index (χ0n) is 11.3. The highest BCUT2D eigenvalue weighted by molar-refractivity contribution is 7.11. The normalized spacial score (nSPS) is 28.3. The van der Waals surface area contributed by atoms with Crippen LogP contribution >= 0.6 is 11.3 Å². The third-order valence-electron chi connectivity index (χ3n) is 4.63. The van der Waals surface area contributed by atoms with E-state index in [-0.39, 0.29) is 0 Å². The van der Waals surface area contributed by atoms with E-state index in [0.29, 0.717) is 17.3 Å². The summed E-state index contributed by atoms with van der Waals surface area (Å²) in [5, 5.41) is 11.4. The van der Waals surface area contributed by atoms with Gasteiger partial charge in [0.15, 0.2) is 0 Å². The van der Waals surface area contributed by atoms with Gasteiger partial charge in [0, 0.05) is 11.8 Å². The Balaban J connectivity index is 1.64. The average Bonchev–Trinajstić information content (AvgIpc) is 3.29. The van der Waals surface area contributed by atoms with Gasteiger partial charge in [-0.3, -0.25) is 0 Å². The first-order valence-electron chi connectivity index (χ1n) is 7.06. The molecule has 3 heteroatoms. The average molecular weight is 270 g/mol. The Morgan fingerprint density at radius 1 is 1.00 bits per heavy atom. The van der Waals surface area contributed by atoms with Gasteiger partial charge < -0.3 is 0 Å². The van der Waals surface area contributed by atoms with Crippen LogP contribution in [0.4, 0.5) is 0 Å². The third-order valence-corrected chi connectivity index (χ3v) is 5.80. The zero-order chi connectivity index (χ0) is 13.0. The quantitative estimate of drug-likeness (QED) is 0.830. The Labute approximate surface area is 117 Å². The van der Waals surface area contributed by atoms with Gasteiger partial charge in [0.2, 0.25) is 0 Å². The zero-order valence-corrected chi connectivity index (χ0v) is 12.2. The SMILES string of the molecule is CC1(C)[C@@H](c2ccccc2)[C@@H]1c1nnc(C2CC2)s1. The fourth-order valence-corrected chi connectivity index (χ4v) is 4.60. The molecule has 1 heterocycles. The lowest BCUT2D eigenvalue weighted by molar-refractivity contribution is 0.599. The fourth-order valence-electron chi connectivity index (χ4n) is 3.25. The van der Waals surface area contributed by atoms with Crippen LogP contribution < -0.4 is 0 Å². The van der Waals surface area contributed by atoms with Gasteiger partial charge in [-0.25, -0.2) is 0 Å². The number of hydrogen-bond donors (Lipinski definition) is 0. The number of benzene rings is 1. The molecule has 19 heavy (non-hydrogen) atoms. The van der Waals surface area contributed by atoms with Gasteiger partial charge in [-0.1, -0.05) is 44.2 Å². The molecule has 2 fully saturated rings. The summed E-state index contributed by atoms with van der Waals surface area (Å²) in [7, 11) is 0. The summed E-state index contributed by atoms with van der Waals surface area (Å²) in [4.78, 5) is 0. The van der Waals surface area contributed by atoms with Crippen LogP contribution in [0.25, 0.3) is 0 Å². The topological polar surface area (TPSA) is 25.8 Å². The molecule has 2 saturated carbocycles. The number of aromatic nitrogens is 2. The molecule has 2 aliphatic carbocycles. The van der Waals surface area contributed by atoms with Crippen LogP contribution in [0.5, 0.6) is 0 Å². The van der Waals surface area contributed by atoms with Gasteiger partial charge in [0.25, 0.3) is 0 Å². The highest BCUT2D eigenvalue weighted by Crippen LogP contribution is 2.70. The van der Waals surface area contributed by atoms with Crippen LogP contribution in [0.15, 0.2) is 30.3 Å². The molecule has 98 valence electrons. The van der Waals surface area contributed by atoms with Crippen molar-refractivity contribution in [2.24, 2.45) is 5.41 Å². The summed E-state index contributed by atoms with van der Waals surface area (Å²) < 4.78 is 0. The molecular formula is C16H18N2S. The number of hydrogen-bond acceptors (Lipinski definition) is 3. The van der Waals surface area contributed by atoms with E-state index in [4.69, 9.17) is 0 Å². The predicted molar refractivity (Wildman–Crippen MR) is 77.6 cm³/mol. The molecule has 0 saturated heterocycles. The molecule has 2 atom stereocenters. The Morgan fingerprint density at radius 3 is 2.37 bits per heavy atom. The lowest BCUT2D eigenvalue weighted by Crippen LogP contribution is -1.90. The molecule has 1 aromatic heterocycles. The molecule has 0 bridgehead atoms. The minimum Gasteiger partial charge on any atom is -0.143 e. The van der Waals surface area contributed by atoms with Crippen molar-refractivity contribution in [1.82, 2.24) is 10.2 Å². The highest BCUT2D eigenvalue weighted by Gasteiger charge is 2.60. The van der Waals surface area contributed by atoms with Crippen molar-refractivity contribution in [2.45, 2.75) is 44.4 Å². The van der Waals surface area contributed by atoms with Crippen molar-refractivity contribution in [3.63, 3.8) is 0 Å². The first-order valence-corrected chi connectivity index (χ1v) is 7.88. The van der Waals surface area contributed by atoms with Gasteiger partial charge in [0.1, 0.15) is 10.0 Å². The van der Waals surface area contributed by atoms with Gasteiger partial charge in [0.05, 0.1) is 0 Å². The van der Waals surface area contributed by atoms with E-state index in [1.807, 2.05) is 11.3 Å². The van der Waals surface area contributed by atoms with Crippen molar-refractivity contribution in [3.05, 3.63) is 45.9 Å². The summed E-state index contributed by atoms with van der Waals surface area (Å²) in [5.74, 6) is 1.89. The molecule has 1 aromatic carbocycles. The standard InChI is InChI=1S/C16H18N2S/c1-16(2)12(10-6-4-3-5-7-10)13(16)15-18-17-14(19-15)11-8-9-11/h3-7,11-13H,8-9H2,1-2H3/t12-,13+/m0/s1. The Bertz CT molecular complexity index is 598. The number of nitrogens with zero attached hydrogens (tertiary/aromatic N) is 2. The molecule has 0 spiro atoms. The largest absolute Gasteiger partial charge is 0.143 e. The molecular weight excluding hydrogens is 252 g/mol. The Morgan fingerprint density at radius 2 is 1.68 bits per heavy atom. The van der Waals surface area contributed by atoms with Crippen molar-refractivity contribution in [1.29, 1.82) is 0 Å². The predicted octanol–water partition coefficient (Wildman–Crippen LogP) is 4.32. The minimum atomic E-state index is 0.321. The summed E-state index contributed by atoms with van der Waals surface area (Å²) >= 11 is 1.85. The maximum absolute atomic E-state index is 4.48. The van der Waals surface area contributed by atoms with Crippen molar-refractivity contribution >= 4 is 11.3 Å². The van der Waals surface area contributed by atoms with E-state index < -0.39 is 0 Å². The summed E-state index contributed by atoms with van der Waals surface area (Å²) in [6.07, 6.45) is 2.62. The molecule has 2 aliphatic rings. The van der Waals surface area contributed by atoms with Gasteiger partial charge in [-0.05, 0) is 29.7 Å². The van der Waals surface area contributed by atoms with Crippen LogP contribution in [0, 0.1) is 5.41 Å². The first-order chi connectivity index (χ1) is 9.18. The van der Waals surface area contributed by atoms with E-state index in [0.717, 1.165) is 5.92 Å². The van der Waals surface area contributed by atoms with Crippen molar-refractivity contribution < 1.29 is 0 Å². The van der Waals surface area contributed by atoms with Crippen molar-refractivity contribution in [2.75, 3.05) is 0 Å². The minimum absolute atomic E-state index is 0.321. The lowest BCUT2D eigenvalue weighted by atomic mass is 10.0. The highest BCUT2D eigenvalue weighted by atomic mass is 32.1. The second kappa shape index (κ2) is 3.89.